The Labute approximate surface area is 244 Å². The third kappa shape index (κ3) is 6.60. The van der Waals surface area contributed by atoms with E-state index in [1.54, 1.807) is 0 Å². The van der Waals surface area contributed by atoms with Crippen molar-refractivity contribution in [1.82, 2.24) is 5.32 Å². The minimum absolute atomic E-state index is 0.0613. The van der Waals surface area contributed by atoms with Crippen LogP contribution in [0.25, 0.3) is 0 Å². The van der Waals surface area contributed by atoms with Gasteiger partial charge in [-0.2, -0.15) is 0 Å². The maximum atomic E-state index is 12.1. The third-order valence-electron chi connectivity index (χ3n) is 13.1. The Bertz CT molecular complexity index is 859. The van der Waals surface area contributed by atoms with E-state index in [1.165, 1.54) is 38.5 Å². The highest BCUT2D eigenvalue weighted by molar-refractivity contribution is 5.75. The summed E-state index contributed by atoms with van der Waals surface area (Å²) in [5, 5.41) is 42.0. The Morgan fingerprint density at radius 3 is 2.25 bits per heavy atom. The smallest absolute Gasteiger partial charge is 0.220 e. The molecule has 0 heterocycles. The van der Waals surface area contributed by atoms with Crippen molar-refractivity contribution in [2.75, 3.05) is 6.54 Å². The van der Waals surface area contributed by atoms with Gasteiger partial charge in [-0.3, -0.25) is 4.79 Å². The van der Waals surface area contributed by atoms with Gasteiger partial charge in [0.25, 0.3) is 0 Å². The standard InChI is InChI=1S/C27H47NO3.C7H14O2/c1-5-16-28-24(29)11-6-18(2)21-9-10-22-20-8-7-19-17-27(30,31)15-14-25(19,3)23(20)12-13-26(21,22)4;1-6-4-2-3-5-7(6,8)9/h18-23,30-31H,5-17H2,1-4H3,(H,28,29);6,8-9H,2-5H2,1H3. The number of fused-ring (bicyclic) bond motifs is 5. The molecule has 0 bridgehead atoms. The van der Waals surface area contributed by atoms with Gasteiger partial charge in [-0.15, -0.1) is 0 Å². The van der Waals surface area contributed by atoms with E-state index in [-0.39, 0.29) is 11.8 Å². The average molecular weight is 564 g/mol. The summed E-state index contributed by atoms with van der Waals surface area (Å²) < 4.78 is 0. The molecule has 0 aliphatic heterocycles. The van der Waals surface area contributed by atoms with Crippen LogP contribution in [0.3, 0.4) is 0 Å². The molecular formula is C34H61NO5. The predicted octanol–water partition coefficient (Wildman–Crippen LogP) is 6.15. The highest BCUT2D eigenvalue weighted by Gasteiger charge is 2.61. The molecule has 0 spiro atoms. The zero-order chi connectivity index (χ0) is 29.3. The second-order valence-electron chi connectivity index (χ2n) is 15.5. The number of aliphatic hydroxyl groups is 4. The molecule has 0 aromatic heterocycles. The lowest BCUT2D eigenvalue weighted by Gasteiger charge is -2.61. The summed E-state index contributed by atoms with van der Waals surface area (Å²) in [6.07, 6.45) is 16.2. The van der Waals surface area contributed by atoms with E-state index in [2.05, 4.69) is 33.0 Å². The Morgan fingerprint density at radius 2 is 1.60 bits per heavy atom. The zero-order valence-electron chi connectivity index (χ0n) is 26.3. The number of carbonyl (C=O) groups is 1. The van der Waals surface area contributed by atoms with Crippen molar-refractivity contribution in [1.29, 1.82) is 0 Å². The van der Waals surface area contributed by atoms with Crippen LogP contribution in [-0.2, 0) is 4.79 Å². The predicted molar refractivity (Wildman–Crippen MR) is 159 cm³/mol. The molecule has 6 nitrogen and oxygen atoms in total. The molecule has 5 rings (SSSR count). The molecule has 5 N–H and O–H groups in total. The molecule has 9 atom stereocenters. The summed E-state index contributed by atoms with van der Waals surface area (Å²) in [7, 11) is 0. The second-order valence-corrected chi connectivity index (χ2v) is 15.5. The van der Waals surface area contributed by atoms with Gasteiger partial charge in [-0.25, -0.2) is 0 Å². The van der Waals surface area contributed by atoms with E-state index in [0.29, 0.717) is 48.3 Å². The molecule has 5 fully saturated rings. The average Bonchev–Trinajstić information content (AvgIpc) is 3.26. The lowest BCUT2D eigenvalue weighted by atomic mass is 9.44. The van der Waals surface area contributed by atoms with Crippen LogP contribution < -0.4 is 5.32 Å². The van der Waals surface area contributed by atoms with Gasteiger partial charge in [0, 0.05) is 38.1 Å². The van der Waals surface area contributed by atoms with Gasteiger partial charge < -0.3 is 25.7 Å². The number of nitrogens with one attached hydrogen (secondary N) is 1. The number of amides is 1. The van der Waals surface area contributed by atoms with Crippen LogP contribution in [0.2, 0.25) is 0 Å². The van der Waals surface area contributed by atoms with Crippen molar-refractivity contribution in [3.05, 3.63) is 0 Å². The molecule has 0 radical (unpaired) electrons. The summed E-state index contributed by atoms with van der Waals surface area (Å²) in [5.74, 6) is 1.72. The van der Waals surface area contributed by atoms with Crippen molar-refractivity contribution in [3.8, 4) is 0 Å². The maximum Gasteiger partial charge on any atom is 0.220 e. The lowest BCUT2D eigenvalue weighted by Crippen LogP contribution is -2.56. The minimum atomic E-state index is -1.43. The third-order valence-corrected chi connectivity index (χ3v) is 13.1. The number of hydrogen-bond donors (Lipinski definition) is 5. The first kappa shape index (κ1) is 32.2. The molecule has 1 amide bonds. The number of carbonyl (C=O) groups excluding carboxylic acids is 1. The quantitative estimate of drug-likeness (QED) is 0.249. The summed E-state index contributed by atoms with van der Waals surface area (Å²) in [4.78, 5) is 12.1. The Kier molecular flexibility index (Phi) is 10.1. The van der Waals surface area contributed by atoms with Crippen LogP contribution in [-0.4, -0.2) is 44.5 Å². The Hall–Kier alpha value is -0.690. The fourth-order valence-corrected chi connectivity index (χ4v) is 10.4. The fourth-order valence-electron chi connectivity index (χ4n) is 10.4. The van der Waals surface area contributed by atoms with Crippen molar-refractivity contribution in [3.63, 3.8) is 0 Å². The van der Waals surface area contributed by atoms with Crippen molar-refractivity contribution in [2.45, 2.75) is 149 Å². The number of hydrogen-bond acceptors (Lipinski definition) is 5. The van der Waals surface area contributed by atoms with Crippen LogP contribution in [0.1, 0.15) is 137 Å². The molecule has 5 aliphatic carbocycles. The molecule has 232 valence electrons. The first-order valence-electron chi connectivity index (χ1n) is 16.9. The zero-order valence-corrected chi connectivity index (χ0v) is 26.3. The Morgan fingerprint density at radius 1 is 0.875 bits per heavy atom. The van der Waals surface area contributed by atoms with E-state index >= 15 is 0 Å². The first-order valence-corrected chi connectivity index (χ1v) is 16.9. The highest BCUT2D eigenvalue weighted by Crippen LogP contribution is 2.68. The van der Waals surface area contributed by atoms with Gasteiger partial charge in [0.05, 0.1) is 0 Å². The lowest BCUT2D eigenvalue weighted by molar-refractivity contribution is -0.233. The van der Waals surface area contributed by atoms with Crippen LogP contribution in [0.5, 0.6) is 0 Å². The van der Waals surface area contributed by atoms with E-state index in [9.17, 15) is 25.2 Å². The molecule has 5 saturated carbocycles. The first-order chi connectivity index (χ1) is 18.7. The summed E-state index contributed by atoms with van der Waals surface area (Å²) in [5.41, 5.74) is 0.719. The van der Waals surface area contributed by atoms with Crippen molar-refractivity contribution < 1.29 is 25.2 Å². The summed E-state index contributed by atoms with van der Waals surface area (Å²) in [6.45, 7) is 12.3. The van der Waals surface area contributed by atoms with Gasteiger partial charge in [0.2, 0.25) is 5.91 Å². The molecule has 0 aromatic rings. The van der Waals surface area contributed by atoms with Crippen molar-refractivity contribution >= 4 is 5.91 Å². The van der Waals surface area contributed by atoms with Crippen LogP contribution >= 0.6 is 0 Å². The van der Waals surface area contributed by atoms with Crippen LogP contribution in [0.4, 0.5) is 0 Å². The van der Waals surface area contributed by atoms with Gasteiger partial charge in [0.1, 0.15) is 0 Å². The van der Waals surface area contributed by atoms with E-state index < -0.39 is 11.6 Å². The molecule has 0 saturated heterocycles. The minimum Gasteiger partial charge on any atom is -0.366 e. The molecule has 5 aliphatic rings. The second kappa shape index (κ2) is 12.5. The van der Waals surface area contributed by atoms with Crippen LogP contribution in [0.15, 0.2) is 0 Å². The topological polar surface area (TPSA) is 110 Å². The summed E-state index contributed by atoms with van der Waals surface area (Å²) in [6, 6.07) is 0. The largest absolute Gasteiger partial charge is 0.366 e. The maximum absolute atomic E-state index is 12.1. The van der Waals surface area contributed by atoms with E-state index in [4.69, 9.17) is 0 Å². The molecule has 40 heavy (non-hydrogen) atoms. The molecular weight excluding hydrogens is 502 g/mol. The monoisotopic (exact) mass is 563 g/mol. The molecule has 0 aromatic carbocycles. The normalized spacial score (nSPS) is 42.3. The molecule has 9 unspecified atom stereocenters. The molecule has 6 heteroatoms. The van der Waals surface area contributed by atoms with Gasteiger partial charge in [-0.05, 0) is 117 Å². The van der Waals surface area contributed by atoms with Crippen LogP contribution in [0, 0.1) is 52.3 Å². The SMILES string of the molecule is CC1CCCCC1(O)O.CCCNC(=O)CCC(C)C1CCC2C3CCC4CC(O)(O)CCC4(C)C3CCC12C. The van der Waals surface area contributed by atoms with Gasteiger partial charge >= 0.3 is 0 Å². The fraction of sp³-hybridized carbons (Fsp3) is 0.971. The van der Waals surface area contributed by atoms with Crippen molar-refractivity contribution in [2.24, 2.45) is 52.3 Å². The summed E-state index contributed by atoms with van der Waals surface area (Å²) >= 11 is 0. The van der Waals surface area contributed by atoms with Gasteiger partial charge in [0.15, 0.2) is 11.6 Å². The highest BCUT2D eigenvalue weighted by atomic mass is 16.5. The number of rotatable bonds is 6. The van der Waals surface area contributed by atoms with E-state index in [0.717, 1.165) is 68.7 Å². The Balaban J connectivity index is 0.000000350. The van der Waals surface area contributed by atoms with Gasteiger partial charge in [-0.1, -0.05) is 41.0 Å². The van der Waals surface area contributed by atoms with E-state index in [1.807, 2.05) is 6.92 Å².